The highest BCUT2D eigenvalue weighted by molar-refractivity contribution is 5.95. The number of rotatable bonds is 3. The van der Waals surface area contributed by atoms with Gasteiger partial charge in [0, 0.05) is 31.6 Å². The van der Waals surface area contributed by atoms with Crippen molar-refractivity contribution in [1.29, 1.82) is 0 Å². The van der Waals surface area contributed by atoms with Gasteiger partial charge in [-0.1, -0.05) is 0 Å². The Morgan fingerprint density at radius 2 is 2.04 bits per heavy atom. The van der Waals surface area contributed by atoms with E-state index in [1.165, 1.54) is 6.26 Å². The predicted molar refractivity (Wildman–Crippen MR) is 94.7 cm³/mol. The highest BCUT2D eigenvalue weighted by Crippen LogP contribution is 2.23. The Bertz CT molecular complexity index is 937. The number of fused-ring (bicyclic) bond motifs is 1. The van der Waals surface area contributed by atoms with E-state index in [-0.39, 0.29) is 17.7 Å². The summed E-state index contributed by atoms with van der Waals surface area (Å²) in [6, 6.07) is 8.76. The van der Waals surface area contributed by atoms with Gasteiger partial charge < -0.3 is 19.1 Å². The minimum atomic E-state index is -0.124. The van der Waals surface area contributed by atoms with E-state index in [1.807, 2.05) is 0 Å². The van der Waals surface area contributed by atoms with E-state index in [9.17, 15) is 9.59 Å². The van der Waals surface area contributed by atoms with Crippen LogP contribution in [-0.2, 0) is 4.79 Å². The number of carbonyl (C=O) groups is 2. The molecule has 3 aromatic rings. The monoisotopic (exact) mass is 353 g/mol. The van der Waals surface area contributed by atoms with Gasteiger partial charge in [-0.25, -0.2) is 4.98 Å². The summed E-state index contributed by atoms with van der Waals surface area (Å²) in [5.74, 6) is 0.655. The number of anilines is 1. The second kappa shape index (κ2) is 6.67. The van der Waals surface area contributed by atoms with Crippen LogP contribution >= 0.6 is 0 Å². The van der Waals surface area contributed by atoms with Gasteiger partial charge >= 0.3 is 0 Å². The van der Waals surface area contributed by atoms with E-state index in [0.29, 0.717) is 48.9 Å². The second-order valence-corrected chi connectivity index (χ2v) is 6.45. The summed E-state index contributed by atoms with van der Waals surface area (Å²) in [5.41, 5.74) is 2.12. The standard InChI is InChI=1S/C19H19N3O4/c1-12-20-15-11-14(4-5-16(15)26-12)21-18(23)13-6-8-22(9-7-13)19(24)17-3-2-10-25-17/h2-5,10-11,13H,6-9H2,1H3,(H,21,23). The van der Waals surface area contributed by atoms with Crippen molar-refractivity contribution in [2.24, 2.45) is 5.92 Å². The topological polar surface area (TPSA) is 88.6 Å². The van der Waals surface area contributed by atoms with Crippen molar-refractivity contribution in [1.82, 2.24) is 9.88 Å². The Balaban J connectivity index is 1.36. The van der Waals surface area contributed by atoms with Crippen molar-refractivity contribution >= 4 is 28.6 Å². The number of oxazole rings is 1. The summed E-state index contributed by atoms with van der Waals surface area (Å²) >= 11 is 0. The van der Waals surface area contributed by atoms with Crippen molar-refractivity contribution in [3.63, 3.8) is 0 Å². The summed E-state index contributed by atoms with van der Waals surface area (Å²) in [7, 11) is 0. The third-order valence-corrected chi connectivity index (χ3v) is 4.65. The first-order chi connectivity index (χ1) is 12.6. The Morgan fingerprint density at radius 1 is 1.23 bits per heavy atom. The zero-order valence-electron chi connectivity index (χ0n) is 14.4. The predicted octanol–water partition coefficient (Wildman–Crippen LogP) is 3.22. The number of nitrogens with zero attached hydrogens (tertiary/aromatic N) is 2. The van der Waals surface area contributed by atoms with Crippen molar-refractivity contribution < 1.29 is 18.4 Å². The number of nitrogens with one attached hydrogen (secondary N) is 1. The molecule has 0 saturated carbocycles. The summed E-state index contributed by atoms with van der Waals surface area (Å²) < 4.78 is 10.6. The lowest BCUT2D eigenvalue weighted by atomic mass is 9.95. The molecular weight excluding hydrogens is 334 g/mol. The van der Waals surface area contributed by atoms with Gasteiger partial charge in [0.25, 0.3) is 5.91 Å². The highest BCUT2D eigenvalue weighted by atomic mass is 16.3. The van der Waals surface area contributed by atoms with Gasteiger partial charge in [-0.2, -0.15) is 0 Å². The van der Waals surface area contributed by atoms with Crippen molar-refractivity contribution in [3.8, 4) is 0 Å². The number of piperidine rings is 1. The van der Waals surface area contributed by atoms with Crippen LogP contribution in [0.3, 0.4) is 0 Å². The zero-order chi connectivity index (χ0) is 18.1. The first-order valence-corrected chi connectivity index (χ1v) is 8.61. The molecule has 1 aliphatic rings. The average molecular weight is 353 g/mol. The smallest absolute Gasteiger partial charge is 0.289 e. The maximum atomic E-state index is 12.5. The molecule has 7 heteroatoms. The molecule has 4 rings (SSSR count). The molecule has 2 aromatic heterocycles. The lowest BCUT2D eigenvalue weighted by Crippen LogP contribution is -2.41. The third kappa shape index (κ3) is 3.20. The molecular formula is C19H19N3O4. The summed E-state index contributed by atoms with van der Waals surface area (Å²) in [5, 5.41) is 2.94. The van der Waals surface area contributed by atoms with Gasteiger partial charge in [-0.05, 0) is 43.2 Å². The minimum Gasteiger partial charge on any atom is -0.459 e. The quantitative estimate of drug-likeness (QED) is 0.781. The molecule has 0 bridgehead atoms. The fourth-order valence-corrected chi connectivity index (χ4v) is 3.27. The van der Waals surface area contributed by atoms with Crippen LogP contribution in [0.15, 0.2) is 45.4 Å². The van der Waals surface area contributed by atoms with E-state index in [1.54, 1.807) is 42.2 Å². The van der Waals surface area contributed by atoms with E-state index >= 15 is 0 Å². The van der Waals surface area contributed by atoms with Crippen LogP contribution in [0.5, 0.6) is 0 Å². The van der Waals surface area contributed by atoms with E-state index in [4.69, 9.17) is 8.83 Å². The average Bonchev–Trinajstić information content (AvgIpc) is 3.29. The maximum Gasteiger partial charge on any atom is 0.289 e. The number of aromatic nitrogens is 1. The minimum absolute atomic E-state index is 0.0327. The number of furan rings is 1. The molecule has 26 heavy (non-hydrogen) atoms. The zero-order valence-corrected chi connectivity index (χ0v) is 14.4. The summed E-state index contributed by atoms with van der Waals surface area (Å²) in [4.78, 5) is 30.8. The Morgan fingerprint density at radius 3 is 2.77 bits per heavy atom. The van der Waals surface area contributed by atoms with Gasteiger partial charge in [-0.3, -0.25) is 9.59 Å². The van der Waals surface area contributed by atoms with Crippen LogP contribution in [0.1, 0.15) is 29.3 Å². The summed E-state index contributed by atoms with van der Waals surface area (Å²) in [6.45, 7) is 2.87. The van der Waals surface area contributed by atoms with Crippen LogP contribution in [0.2, 0.25) is 0 Å². The van der Waals surface area contributed by atoms with E-state index in [2.05, 4.69) is 10.3 Å². The normalized spacial score (nSPS) is 15.3. The molecule has 0 spiro atoms. The number of benzene rings is 1. The molecule has 0 atom stereocenters. The number of hydrogen-bond donors (Lipinski definition) is 1. The lowest BCUT2D eigenvalue weighted by Gasteiger charge is -2.30. The van der Waals surface area contributed by atoms with E-state index < -0.39 is 0 Å². The fraction of sp³-hybridized carbons (Fsp3) is 0.316. The SMILES string of the molecule is Cc1nc2cc(NC(=O)C3CCN(C(=O)c4ccco4)CC3)ccc2o1. The van der Waals surface area contributed by atoms with Gasteiger partial charge in [0.2, 0.25) is 5.91 Å². The van der Waals surface area contributed by atoms with Crippen LogP contribution < -0.4 is 5.32 Å². The van der Waals surface area contributed by atoms with Crippen molar-refractivity contribution in [3.05, 3.63) is 48.2 Å². The van der Waals surface area contributed by atoms with Crippen LogP contribution in [0.4, 0.5) is 5.69 Å². The Hall–Kier alpha value is -3.09. The third-order valence-electron chi connectivity index (χ3n) is 4.65. The van der Waals surface area contributed by atoms with E-state index in [0.717, 1.165) is 5.52 Å². The largest absolute Gasteiger partial charge is 0.459 e. The van der Waals surface area contributed by atoms with Crippen LogP contribution in [0, 0.1) is 12.8 Å². The molecule has 1 aliphatic heterocycles. The van der Waals surface area contributed by atoms with Crippen molar-refractivity contribution in [2.45, 2.75) is 19.8 Å². The number of aryl methyl sites for hydroxylation is 1. The molecule has 3 heterocycles. The highest BCUT2D eigenvalue weighted by Gasteiger charge is 2.28. The Kier molecular flexibility index (Phi) is 4.20. The molecule has 1 saturated heterocycles. The van der Waals surface area contributed by atoms with Gasteiger partial charge in [-0.15, -0.1) is 0 Å². The first kappa shape index (κ1) is 16.4. The molecule has 0 unspecified atom stereocenters. The molecule has 7 nitrogen and oxygen atoms in total. The lowest BCUT2D eigenvalue weighted by molar-refractivity contribution is -0.121. The fourth-order valence-electron chi connectivity index (χ4n) is 3.27. The number of hydrogen-bond acceptors (Lipinski definition) is 5. The number of amides is 2. The number of likely N-dealkylation sites (tertiary alicyclic amines) is 1. The van der Waals surface area contributed by atoms with Crippen LogP contribution in [0.25, 0.3) is 11.1 Å². The summed E-state index contributed by atoms with van der Waals surface area (Å²) in [6.07, 6.45) is 2.74. The number of carbonyl (C=O) groups excluding carboxylic acids is 2. The molecule has 0 radical (unpaired) electrons. The van der Waals surface area contributed by atoms with Gasteiger partial charge in [0.15, 0.2) is 17.2 Å². The molecule has 1 fully saturated rings. The Labute approximate surface area is 150 Å². The molecule has 0 aliphatic carbocycles. The first-order valence-electron chi connectivity index (χ1n) is 8.61. The van der Waals surface area contributed by atoms with Gasteiger partial charge in [0.05, 0.1) is 6.26 Å². The molecule has 1 aromatic carbocycles. The van der Waals surface area contributed by atoms with Gasteiger partial charge in [0.1, 0.15) is 5.52 Å². The van der Waals surface area contributed by atoms with Crippen molar-refractivity contribution in [2.75, 3.05) is 18.4 Å². The molecule has 134 valence electrons. The second-order valence-electron chi connectivity index (χ2n) is 6.45. The molecule has 1 N–H and O–H groups in total. The van der Waals surface area contributed by atoms with Crippen LogP contribution in [-0.4, -0.2) is 34.8 Å². The molecule has 2 amide bonds. The maximum absolute atomic E-state index is 12.5.